The zero-order valence-corrected chi connectivity index (χ0v) is 12.2. The molecule has 0 spiro atoms. The maximum atomic E-state index is 11.0. The summed E-state index contributed by atoms with van der Waals surface area (Å²) in [4.78, 5) is 0.889. The van der Waals surface area contributed by atoms with Gasteiger partial charge in [-0.25, -0.2) is 8.42 Å². The van der Waals surface area contributed by atoms with Gasteiger partial charge in [0.05, 0.1) is 10.8 Å². The first-order valence-electron chi connectivity index (χ1n) is 5.15. The van der Waals surface area contributed by atoms with Crippen LogP contribution in [-0.2, 0) is 9.84 Å². The lowest BCUT2D eigenvalue weighted by Gasteiger charge is -2.09. The third-order valence-corrected chi connectivity index (χ3v) is 4.90. The van der Waals surface area contributed by atoms with Gasteiger partial charge in [-0.3, -0.25) is 0 Å². The Balaban J connectivity index is 2.67. The highest BCUT2D eigenvalue weighted by Gasteiger charge is 2.07. The molecule has 1 aromatic carbocycles. The lowest BCUT2D eigenvalue weighted by molar-refractivity contribution is 0.603. The lowest BCUT2D eigenvalue weighted by atomic mass is 10.1. The summed E-state index contributed by atoms with van der Waals surface area (Å²) < 4.78 is 22.0. The predicted octanol–water partition coefficient (Wildman–Crippen LogP) is 2.50. The van der Waals surface area contributed by atoms with E-state index in [0.717, 1.165) is 10.5 Å². The van der Waals surface area contributed by atoms with Crippen LogP contribution in [-0.4, -0.2) is 26.2 Å². The minimum absolute atomic E-state index is 0.0532. The van der Waals surface area contributed by atoms with Gasteiger partial charge >= 0.3 is 0 Å². The fourth-order valence-electron chi connectivity index (χ4n) is 1.22. The Morgan fingerprint density at radius 1 is 1.47 bits per heavy atom. The quantitative estimate of drug-likeness (QED) is 0.848. The van der Waals surface area contributed by atoms with E-state index in [1.54, 1.807) is 0 Å². The maximum Gasteiger partial charge on any atom is 0.148 e. The first kappa shape index (κ1) is 14.8. The molecule has 0 aromatic heterocycles. The van der Waals surface area contributed by atoms with Gasteiger partial charge in [-0.1, -0.05) is 17.7 Å². The summed E-state index contributed by atoms with van der Waals surface area (Å²) in [6.07, 6.45) is 1.23. The van der Waals surface area contributed by atoms with Gasteiger partial charge in [-0.2, -0.15) is 0 Å². The molecule has 0 aliphatic carbocycles. The van der Waals surface area contributed by atoms with Crippen molar-refractivity contribution in [3.8, 4) is 0 Å². The Morgan fingerprint density at radius 3 is 2.59 bits per heavy atom. The molecular formula is C11H16ClNO2S2. The van der Waals surface area contributed by atoms with Gasteiger partial charge in [0, 0.05) is 22.9 Å². The molecule has 0 saturated heterocycles. The van der Waals surface area contributed by atoms with Crippen LogP contribution in [0.2, 0.25) is 5.02 Å². The molecule has 0 radical (unpaired) electrons. The molecule has 0 bridgehead atoms. The molecule has 0 amide bonds. The van der Waals surface area contributed by atoms with Crippen LogP contribution in [0.25, 0.3) is 0 Å². The number of halogens is 1. The predicted molar refractivity (Wildman–Crippen MR) is 74.5 cm³/mol. The molecule has 0 fully saturated rings. The van der Waals surface area contributed by atoms with E-state index in [-0.39, 0.29) is 11.8 Å². The Hall–Kier alpha value is -0.230. The van der Waals surface area contributed by atoms with Gasteiger partial charge in [0.15, 0.2) is 0 Å². The molecule has 2 N–H and O–H groups in total. The molecule has 0 aliphatic rings. The molecule has 0 unspecified atom stereocenters. The van der Waals surface area contributed by atoms with Gasteiger partial charge < -0.3 is 5.73 Å². The van der Waals surface area contributed by atoms with Crippen molar-refractivity contribution < 1.29 is 8.42 Å². The first-order chi connectivity index (χ1) is 7.79. The van der Waals surface area contributed by atoms with Crippen molar-refractivity contribution in [2.45, 2.75) is 17.9 Å². The second kappa shape index (κ2) is 6.09. The Morgan fingerprint density at radius 2 is 2.12 bits per heavy atom. The summed E-state index contributed by atoms with van der Waals surface area (Å²) in [6, 6.07) is 5.57. The Bertz CT molecular complexity index is 486. The van der Waals surface area contributed by atoms with Crippen LogP contribution in [0.4, 0.5) is 0 Å². The molecule has 0 saturated carbocycles. The molecule has 96 valence electrons. The van der Waals surface area contributed by atoms with E-state index in [2.05, 4.69) is 0 Å². The van der Waals surface area contributed by atoms with Crippen LogP contribution >= 0.6 is 23.4 Å². The van der Waals surface area contributed by atoms with Crippen molar-refractivity contribution in [2.24, 2.45) is 5.73 Å². The smallest absolute Gasteiger partial charge is 0.148 e. The third-order valence-electron chi connectivity index (χ3n) is 2.19. The van der Waals surface area contributed by atoms with Crippen molar-refractivity contribution in [2.75, 3.05) is 17.8 Å². The molecule has 1 rings (SSSR count). The molecule has 6 heteroatoms. The fourth-order valence-corrected chi connectivity index (χ4v) is 3.70. The second-order valence-electron chi connectivity index (χ2n) is 3.96. The molecule has 17 heavy (non-hydrogen) atoms. The Kier molecular flexibility index (Phi) is 5.31. The number of sulfone groups is 1. The third kappa shape index (κ3) is 5.29. The SMILES string of the molecule is C[C@H](N)c1ccc(SCCS(C)(=O)=O)c(Cl)c1. The molecule has 0 aliphatic heterocycles. The van der Waals surface area contributed by atoms with Crippen LogP contribution in [0, 0.1) is 0 Å². The van der Waals surface area contributed by atoms with E-state index in [9.17, 15) is 8.42 Å². The van der Waals surface area contributed by atoms with Crippen LogP contribution in [0.3, 0.4) is 0 Å². The van der Waals surface area contributed by atoms with E-state index in [1.807, 2.05) is 25.1 Å². The van der Waals surface area contributed by atoms with Crippen LogP contribution in [0.5, 0.6) is 0 Å². The summed E-state index contributed by atoms with van der Waals surface area (Å²) in [5, 5.41) is 0.623. The standard InChI is InChI=1S/C11H16ClNO2S2/c1-8(13)9-3-4-11(10(12)7-9)16-5-6-17(2,14)15/h3-4,7-8H,5-6,13H2,1-2H3/t8-/m0/s1. The zero-order chi connectivity index (χ0) is 13.1. The molecule has 1 aromatic rings. The first-order valence-corrected chi connectivity index (χ1v) is 8.57. The van der Waals surface area contributed by atoms with Crippen molar-refractivity contribution in [1.29, 1.82) is 0 Å². The number of rotatable bonds is 5. The molecule has 3 nitrogen and oxygen atoms in total. The highest BCUT2D eigenvalue weighted by molar-refractivity contribution is 8.00. The summed E-state index contributed by atoms with van der Waals surface area (Å²) in [7, 11) is -2.91. The highest BCUT2D eigenvalue weighted by Crippen LogP contribution is 2.29. The normalized spacial score (nSPS) is 13.6. The fraction of sp³-hybridized carbons (Fsp3) is 0.455. The average molecular weight is 294 g/mol. The van der Waals surface area contributed by atoms with Crippen molar-refractivity contribution >= 4 is 33.2 Å². The van der Waals surface area contributed by atoms with Crippen LogP contribution in [0.15, 0.2) is 23.1 Å². The highest BCUT2D eigenvalue weighted by atomic mass is 35.5. The monoisotopic (exact) mass is 293 g/mol. The van der Waals surface area contributed by atoms with E-state index < -0.39 is 9.84 Å². The molecule has 1 atom stereocenters. The van der Waals surface area contributed by atoms with Gasteiger partial charge in [-0.15, -0.1) is 11.8 Å². The number of hydrogen-bond acceptors (Lipinski definition) is 4. The van der Waals surface area contributed by atoms with Crippen molar-refractivity contribution in [3.63, 3.8) is 0 Å². The summed E-state index contributed by atoms with van der Waals surface area (Å²) in [6.45, 7) is 1.89. The number of thioether (sulfide) groups is 1. The average Bonchev–Trinajstić information content (AvgIpc) is 2.18. The number of nitrogens with two attached hydrogens (primary N) is 1. The molecular weight excluding hydrogens is 278 g/mol. The second-order valence-corrected chi connectivity index (χ2v) is 7.76. The topological polar surface area (TPSA) is 60.2 Å². The van der Waals surface area contributed by atoms with E-state index in [1.165, 1.54) is 18.0 Å². The zero-order valence-electron chi connectivity index (χ0n) is 9.81. The van der Waals surface area contributed by atoms with Crippen molar-refractivity contribution in [1.82, 2.24) is 0 Å². The van der Waals surface area contributed by atoms with E-state index in [0.29, 0.717) is 10.8 Å². The van der Waals surface area contributed by atoms with Gasteiger partial charge in [0.2, 0.25) is 0 Å². The lowest BCUT2D eigenvalue weighted by Crippen LogP contribution is -2.06. The number of hydrogen-bond donors (Lipinski definition) is 1. The van der Waals surface area contributed by atoms with Crippen LogP contribution < -0.4 is 5.73 Å². The summed E-state index contributed by atoms with van der Waals surface area (Å²) in [5.41, 5.74) is 6.72. The Labute approximate surface area is 112 Å². The maximum absolute atomic E-state index is 11.0. The van der Waals surface area contributed by atoms with Gasteiger partial charge in [0.1, 0.15) is 9.84 Å². The van der Waals surface area contributed by atoms with E-state index in [4.69, 9.17) is 17.3 Å². The molecule has 0 heterocycles. The van der Waals surface area contributed by atoms with Crippen molar-refractivity contribution in [3.05, 3.63) is 28.8 Å². The minimum atomic E-state index is -2.91. The van der Waals surface area contributed by atoms with E-state index >= 15 is 0 Å². The minimum Gasteiger partial charge on any atom is -0.324 e. The largest absolute Gasteiger partial charge is 0.324 e. The summed E-state index contributed by atoms with van der Waals surface area (Å²) in [5.74, 6) is 0.666. The summed E-state index contributed by atoms with van der Waals surface area (Å²) >= 11 is 7.54. The number of benzene rings is 1. The van der Waals surface area contributed by atoms with Gasteiger partial charge in [-0.05, 0) is 24.6 Å². The van der Waals surface area contributed by atoms with Crippen LogP contribution in [0.1, 0.15) is 18.5 Å². The van der Waals surface area contributed by atoms with Gasteiger partial charge in [0.25, 0.3) is 0 Å².